The van der Waals surface area contributed by atoms with Crippen LogP contribution in [0.2, 0.25) is 0 Å². The predicted molar refractivity (Wildman–Crippen MR) is 129 cm³/mol. The number of aromatic nitrogens is 3. The van der Waals surface area contributed by atoms with E-state index >= 15 is 0 Å². The first-order valence-electron chi connectivity index (χ1n) is 10.8. The second-order valence-electron chi connectivity index (χ2n) is 7.67. The highest BCUT2D eigenvalue weighted by atomic mass is 32.2. The monoisotopic (exact) mass is 460 g/mol. The second-order valence-corrected chi connectivity index (χ2v) is 8.98. The number of thioether (sulfide) groups is 1. The number of nitrogens with zero attached hydrogens (tertiary/aromatic N) is 3. The molecule has 1 atom stereocenters. The first-order valence-corrected chi connectivity index (χ1v) is 11.7. The molecule has 168 valence electrons. The van der Waals surface area contributed by atoms with Crippen LogP contribution >= 0.6 is 11.8 Å². The van der Waals surface area contributed by atoms with Crippen LogP contribution in [0.3, 0.4) is 0 Å². The van der Waals surface area contributed by atoms with E-state index in [1.165, 1.54) is 29.5 Å². The highest BCUT2D eigenvalue weighted by molar-refractivity contribution is 8.00. The molecule has 7 heteroatoms. The van der Waals surface area contributed by atoms with Crippen LogP contribution in [-0.4, -0.2) is 32.5 Å². The third kappa shape index (κ3) is 6.08. The van der Waals surface area contributed by atoms with Crippen LogP contribution in [-0.2, 0) is 17.8 Å². The van der Waals surface area contributed by atoms with Gasteiger partial charge in [-0.3, -0.25) is 9.36 Å². The molecule has 0 fully saturated rings. The van der Waals surface area contributed by atoms with Gasteiger partial charge in [0, 0.05) is 12.1 Å². The molecule has 0 saturated carbocycles. The average Bonchev–Trinajstić information content (AvgIpc) is 3.22. The molecule has 0 aliphatic rings. The topological polar surface area (TPSA) is 59.8 Å². The summed E-state index contributed by atoms with van der Waals surface area (Å²) < 4.78 is 15.4. The molecule has 33 heavy (non-hydrogen) atoms. The molecule has 0 spiro atoms. The summed E-state index contributed by atoms with van der Waals surface area (Å²) in [6, 6.07) is 26.2. The van der Waals surface area contributed by atoms with Gasteiger partial charge in [-0.2, -0.15) is 0 Å². The molecule has 3 aromatic carbocycles. The van der Waals surface area contributed by atoms with Crippen molar-refractivity contribution >= 4 is 17.7 Å². The molecule has 4 rings (SSSR count). The van der Waals surface area contributed by atoms with E-state index in [0.29, 0.717) is 24.1 Å². The van der Waals surface area contributed by atoms with Crippen LogP contribution in [0.25, 0.3) is 11.4 Å². The normalized spacial score (nSPS) is 11.8. The van der Waals surface area contributed by atoms with E-state index in [1.807, 2.05) is 72.2 Å². The quantitative estimate of drug-likeness (QED) is 0.358. The van der Waals surface area contributed by atoms with Gasteiger partial charge in [0.05, 0.1) is 11.8 Å². The molecule has 0 bridgehead atoms. The van der Waals surface area contributed by atoms with Crippen molar-refractivity contribution in [3.05, 3.63) is 102 Å². The van der Waals surface area contributed by atoms with Crippen molar-refractivity contribution in [2.75, 3.05) is 6.54 Å². The Balaban J connectivity index is 1.48. The first kappa shape index (κ1) is 22.7. The number of carbonyl (C=O) groups is 1. The molecule has 1 heterocycles. The lowest BCUT2D eigenvalue weighted by Crippen LogP contribution is -2.32. The minimum atomic E-state index is -0.347. The zero-order chi connectivity index (χ0) is 23.0. The van der Waals surface area contributed by atoms with Gasteiger partial charge >= 0.3 is 0 Å². The highest BCUT2D eigenvalue weighted by Crippen LogP contribution is 2.28. The average molecular weight is 461 g/mol. The zero-order valence-corrected chi connectivity index (χ0v) is 19.1. The third-order valence-corrected chi connectivity index (χ3v) is 6.29. The van der Waals surface area contributed by atoms with Gasteiger partial charge in [0.1, 0.15) is 5.82 Å². The van der Waals surface area contributed by atoms with Crippen LogP contribution in [0.1, 0.15) is 18.1 Å². The maximum Gasteiger partial charge on any atom is 0.233 e. The second kappa shape index (κ2) is 10.9. The van der Waals surface area contributed by atoms with Crippen molar-refractivity contribution in [3.8, 4) is 11.4 Å². The van der Waals surface area contributed by atoms with Crippen molar-refractivity contribution < 1.29 is 9.18 Å². The summed E-state index contributed by atoms with van der Waals surface area (Å²) in [5.41, 5.74) is 3.04. The summed E-state index contributed by atoms with van der Waals surface area (Å²) in [4.78, 5) is 12.7. The number of amides is 1. The Hall–Kier alpha value is -3.45. The highest BCUT2D eigenvalue weighted by Gasteiger charge is 2.21. The fourth-order valence-electron chi connectivity index (χ4n) is 3.43. The molecule has 1 amide bonds. The minimum Gasteiger partial charge on any atom is -0.355 e. The number of benzene rings is 3. The van der Waals surface area contributed by atoms with Gasteiger partial charge in [0.15, 0.2) is 11.0 Å². The third-order valence-electron chi connectivity index (χ3n) is 5.21. The summed E-state index contributed by atoms with van der Waals surface area (Å²) >= 11 is 1.37. The molecule has 0 radical (unpaired) electrons. The van der Waals surface area contributed by atoms with Crippen molar-refractivity contribution in [1.82, 2.24) is 20.1 Å². The maximum absolute atomic E-state index is 13.4. The summed E-state index contributed by atoms with van der Waals surface area (Å²) in [6.07, 6.45) is 0.781. The van der Waals surface area contributed by atoms with Crippen molar-refractivity contribution in [3.63, 3.8) is 0 Å². The standard InChI is InChI=1S/C26H25FN4OS/c1-19(25(32)28-17-16-20-8-4-2-5-9-20)33-26-30-29-24(22-12-14-23(27)15-13-22)31(26)18-21-10-6-3-7-11-21/h2-15,19H,16-18H2,1H3,(H,28,32). The number of carbonyl (C=O) groups excluding carboxylic acids is 1. The number of hydrogen-bond acceptors (Lipinski definition) is 4. The summed E-state index contributed by atoms with van der Waals surface area (Å²) in [5.74, 6) is 0.287. The Morgan fingerprint density at radius 1 is 0.939 bits per heavy atom. The lowest BCUT2D eigenvalue weighted by molar-refractivity contribution is -0.120. The van der Waals surface area contributed by atoms with E-state index in [4.69, 9.17) is 0 Å². The molecule has 1 N–H and O–H groups in total. The maximum atomic E-state index is 13.4. The van der Waals surface area contributed by atoms with Gasteiger partial charge in [-0.25, -0.2) is 4.39 Å². The SMILES string of the molecule is CC(Sc1nnc(-c2ccc(F)cc2)n1Cc1ccccc1)C(=O)NCCc1ccccc1. The van der Waals surface area contributed by atoms with Crippen LogP contribution in [0, 0.1) is 5.82 Å². The summed E-state index contributed by atoms with van der Waals surface area (Å²) in [5, 5.41) is 12.0. The lowest BCUT2D eigenvalue weighted by atomic mass is 10.1. The van der Waals surface area contributed by atoms with Gasteiger partial charge in [-0.15, -0.1) is 10.2 Å². The van der Waals surface area contributed by atoms with E-state index in [1.54, 1.807) is 12.1 Å². The fraction of sp³-hybridized carbons (Fsp3) is 0.192. The van der Waals surface area contributed by atoms with E-state index < -0.39 is 0 Å². The number of hydrogen-bond donors (Lipinski definition) is 1. The molecule has 0 aliphatic heterocycles. The fourth-order valence-corrected chi connectivity index (χ4v) is 4.30. The Morgan fingerprint density at radius 3 is 2.24 bits per heavy atom. The Morgan fingerprint density at radius 2 is 1.58 bits per heavy atom. The molecule has 4 aromatic rings. The van der Waals surface area contributed by atoms with Crippen LogP contribution in [0.5, 0.6) is 0 Å². The molecule has 1 unspecified atom stereocenters. The smallest absolute Gasteiger partial charge is 0.233 e. The van der Waals surface area contributed by atoms with Crippen molar-refractivity contribution in [2.45, 2.75) is 30.3 Å². The van der Waals surface area contributed by atoms with Crippen LogP contribution in [0.4, 0.5) is 4.39 Å². The Bertz CT molecular complexity index is 1180. The number of rotatable bonds is 9. The predicted octanol–water partition coefficient (Wildman–Crippen LogP) is 4.97. The Labute approximate surface area is 197 Å². The van der Waals surface area contributed by atoms with Gasteiger partial charge in [-0.05, 0) is 48.7 Å². The molecular weight excluding hydrogens is 435 g/mol. The minimum absolute atomic E-state index is 0.0477. The number of nitrogens with one attached hydrogen (secondary N) is 1. The molecule has 0 saturated heterocycles. The van der Waals surface area contributed by atoms with E-state index in [2.05, 4.69) is 15.5 Å². The van der Waals surface area contributed by atoms with Gasteiger partial charge in [0.25, 0.3) is 0 Å². The molecular formula is C26H25FN4OS. The largest absolute Gasteiger partial charge is 0.355 e. The molecule has 5 nitrogen and oxygen atoms in total. The van der Waals surface area contributed by atoms with E-state index in [9.17, 15) is 9.18 Å². The lowest BCUT2D eigenvalue weighted by Gasteiger charge is -2.14. The van der Waals surface area contributed by atoms with Gasteiger partial charge < -0.3 is 5.32 Å². The van der Waals surface area contributed by atoms with Crippen LogP contribution < -0.4 is 5.32 Å². The zero-order valence-electron chi connectivity index (χ0n) is 18.3. The molecule has 0 aliphatic carbocycles. The van der Waals surface area contributed by atoms with Crippen molar-refractivity contribution in [1.29, 1.82) is 0 Å². The molecule has 1 aromatic heterocycles. The summed E-state index contributed by atoms with van der Waals surface area (Å²) in [6.45, 7) is 2.98. The van der Waals surface area contributed by atoms with E-state index in [0.717, 1.165) is 17.5 Å². The summed E-state index contributed by atoms with van der Waals surface area (Å²) in [7, 11) is 0. The van der Waals surface area contributed by atoms with Gasteiger partial charge in [0.2, 0.25) is 5.91 Å². The van der Waals surface area contributed by atoms with Crippen molar-refractivity contribution in [2.24, 2.45) is 0 Å². The van der Waals surface area contributed by atoms with Crippen LogP contribution in [0.15, 0.2) is 90.1 Å². The van der Waals surface area contributed by atoms with Gasteiger partial charge in [-0.1, -0.05) is 72.4 Å². The first-order chi connectivity index (χ1) is 16.1. The Kier molecular flexibility index (Phi) is 7.52. The van der Waals surface area contributed by atoms with E-state index in [-0.39, 0.29) is 17.0 Å². The number of halogens is 1.